The first-order valence-corrected chi connectivity index (χ1v) is 6.30. The van der Waals surface area contributed by atoms with E-state index in [0.717, 1.165) is 6.54 Å². The van der Waals surface area contributed by atoms with Gasteiger partial charge in [-0.05, 0) is 6.92 Å². The minimum atomic E-state index is 0.549. The summed E-state index contributed by atoms with van der Waals surface area (Å²) < 4.78 is 0. The van der Waals surface area contributed by atoms with Crippen molar-refractivity contribution < 1.29 is 0 Å². The fraction of sp³-hybridized carbons (Fsp3) is 0.417. The van der Waals surface area contributed by atoms with Crippen molar-refractivity contribution in [2.75, 3.05) is 18.8 Å². The van der Waals surface area contributed by atoms with Gasteiger partial charge in [0.05, 0.1) is 6.04 Å². The lowest BCUT2D eigenvalue weighted by Crippen LogP contribution is -2.22. The van der Waals surface area contributed by atoms with E-state index in [4.69, 9.17) is 0 Å². The number of fused-ring (bicyclic) bond motifs is 1. The molecule has 0 unspecified atom stereocenters. The quantitative estimate of drug-likeness (QED) is 0.667. The van der Waals surface area contributed by atoms with E-state index in [1.807, 2.05) is 48.2 Å². The van der Waals surface area contributed by atoms with Crippen LogP contribution < -0.4 is 0 Å². The van der Waals surface area contributed by atoms with Crippen LogP contribution in [0.4, 0.5) is 0 Å². The molecule has 0 N–H and O–H groups in total. The van der Waals surface area contributed by atoms with Gasteiger partial charge in [-0.3, -0.25) is 4.99 Å². The van der Waals surface area contributed by atoms with Crippen molar-refractivity contribution in [3.63, 3.8) is 0 Å². The van der Waals surface area contributed by atoms with Gasteiger partial charge in [0.2, 0.25) is 0 Å². The van der Waals surface area contributed by atoms with Crippen molar-refractivity contribution in [2.45, 2.75) is 13.0 Å². The molecule has 2 aliphatic heterocycles. The summed E-state index contributed by atoms with van der Waals surface area (Å²) in [4.78, 5) is 6.83. The molecule has 0 aliphatic carbocycles. The maximum atomic E-state index is 4.46. The predicted molar refractivity (Wildman–Crippen MR) is 67.4 cm³/mol. The first-order valence-electron chi connectivity index (χ1n) is 5.32. The van der Waals surface area contributed by atoms with Crippen LogP contribution in [0.5, 0.6) is 0 Å². The summed E-state index contributed by atoms with van der Waals surface area (Å²) in [6.07, 6.45) is 0. The summed E-state index contributed by atoms with van der Waals surface area (Å²) >= 11 is 1.89. The zero-order valence-electron chi connectivity index (χ0n) is 8.97. The summed E-state index contributed by atoms with van der Waals surface area (Å²) in [6.45, 7) is 4.54. The highest BCUT2D eigenvalue weighted by Gasteiger charge is 2.26. The van der Waals surface area contributed by atoms with Crippen LogP contribution in [0, 0.1) is 0 Å². The van der Waals surface area contributed by atoms with E-state index in [1.165, 1.54) is 17.5 Å². The van der Waals surface area contributed by atoms with Crippen LogP contribution >= 0.6 is 11.8 Å². The summed E-state index contributed by atoms with van der Waals surface area (Å²) in [7, 11) is 0. The number of hydrogen-bond acceptors (Lipinski definition) is 3. The second-order valence-corrected chi connectivity index (χ2v) is 4.77. The minimum absolute atomic E-state index is 0.549. The second kappa shape index (κ2) is 5.21. The molecule has 15 heavy (non-hydrogen) atoms. The van der Waals surface area contributed by atoms with Crippen LogP contribution in [0.1, 0.15) is 6.92 Å². The monoisotopic (exact) mass is 220 g/mol. The number of benzene rings is 1. The molecule has 0 radical (unpaired) electrons. The molecule has 1 saturated heterocycles. The predicted octanol–water partition coefficient (Wildman–Crippen LogP) is 2.48. The van der Waals surface area contributed by atoms with Crippen molar-refractivity contribution in [1.82, 2.24) is 4.90 Å². The Morgan fingerprint density at radius 2 is 1.80 bits per heavy atom. The Kier molecular flexibility index (Phi) is 3.67. The Labute approximate surface area is 95.4 Å². The molecule has 2 heterocycles. The molecule has 0 spiro atoms. The molecule has 2 nitrogen and oxygen atoms in total. The molecule has 0 aromatic heterocycles. The zero-order chi connectivity index (χ0) is 10.5. The van der Waals surface area contributed by atoms with Crippen LogP contribution in [-0.4, -0.2) is 35.0 Å². The van der Waals surface area contributed by atoms with Gasteiger partial charge in [-0.2, -0.15) is 0 Å². The standard InChI is InChI=1S/C6H10N2S.C6H6/c1-5-4-8-2-3-9-6(8)7-5;1-2-4-6-5-3-1/h5H,2-4H2,1H3;1-6H/t5-;/m0./s1. The van der Waals surface area contributed by atoms with E-state index >= 15 is 0 Å². The molecule has 1 fully saturated rings. The largest absolute Gasteiger partial charge is 0.349 e. The lowest BCUT2D eigenvalue weighted by Gasteiger charge is -2.08. The minimum Gasteiger partial charge on any atom is -0.349 e. The maximum Gasteiger partial charge on any atom is 0.159 e. The molecule has 1 aromatic carbocycles. The smallest absolute Gasteiger partial charge is 0.159 e. The first kappa shape index (κ1) is 10.6. The van der Waals surface area contributed by atoms with Crippen molar-refractivity contribution in [1.29, 1.82) is 0 Å². The fourth-order valence-electron chi connectivity index (χ4n) is 1.66. The Bertz CT molecular complexity index is 297. The molecule has 0 bridgehead atoms. The molecule has 1 atom stereocenters. The average Bonchev–Trinajstić information content (AvgIpc) is 2.81. The lowest BCUT2D eigenvalue weighted by molar-refractivity contribution is 0.469. The average molecular weight is 220 g/mol. The van der Waals surface area contributed by atoms with E-state index in [9.17, 15) is 0 Å². The van der Waals surface area contributed by atoms with Gasteiger partial charge >= 0.3 is 0 Å². The lowest BCUT2D eigenvalue weighted by atomic mass is 10.4. The molecular formula is C12H16N2S. The van der Waals surface area contributed by atoms with Crippen LogP contribution in [0.3, 0.4) is 0 Å². The third-order valence-corrected chi connectivity index (χ3v) is 3.35. The van der Waals surface area contributed by atoms with Crippen LogP contribution in [0.2, 0.25) is 0 Å². The number of rotatable bonds is 0. The summed E-state index contributed by atoms with van der Waals surface area (Å²) in [5.41, 5.74) is 0. The topological polar surface area (TPSA) is 15.6 Å². The van der Waals surface area contributed by atoms with Crippen molar-refractivity contribution in [3.8, 4) is 0 Å². The fourth-order valence-corrected chi connectivity index (χ4v) is 2.75. The highest BCUT2D eigenvalue weighted by Crippen LogP contribution is 2.23. The van der Waals surface area contributed by atoms with Gasteiger partial charge in [0.15, 0.2) is 5.17 Å². The third-order valence-electron chi connectivity index (χ3n) is 2.34. The van der Waals surface area contributed by atoms with E-state index in [2.05, 4.69) is 16.8 Å². The van der Waals surface area contributed by atoms with E-state index in [-0.39, 0.29) is 0 Å². The molecule has 0 amide bonds. The zero-order valence-corrected chi connectivity index (χ0v) is 9.78. The highest BCUT2D eigenvalue weighted by atomic mass is 32.2. The summed E-state index contributed by atoms with van der Waals surface area (Å²) in [6, 6.07) is 12.5. The Morgan fingerprint density at radius 1 is 1.20 bits per heavy atom. The van der Waals surface area contributed by atoms with Crippen molar-refractivity contribution in [2.24, 2.45) is 4.99 Å². The van der Waals surface area contributed by atoms with E-state index in [0.29, 0.717) is 6.04 Å². The van der Waals surface area contributed by atoms with Gasteiger partial charge in [0.25, 0.3) is 0 Å². The Hall–Kier alpha value is -0.960. The molecular weight excluding hydrogens is 204 g/mol. The molecule has 3 rings (SSSR count). The van der Waals surface area contributed by atoms with E-state index in [1.54, 1.807) is 0 Å². The number of aliphatic imine (C=N–C) groups is 1. The Balaban J connectivity index is 0.000000124. The van der Waals surface area contributed by atoms with Gasteiger partial charge in [-0.25, -0.2) is 0 Å². The van der Waals surface area contributed by atoms with Crippen LogP contribution in [0.25, 0.3) is 0 Å². The molecule has 3 heteroatoms. The first-order chi connectivity index (χ1) is 7.36. The van der Waals surface area contributed by atoms with E-state index < -0.39 is 0 Å². The van der Waals surface area contributed by atoms with Crippen LogP contribution in [0.15, 0.2) is 41.4 Å². The summed E-state index contributed by atoms with van der Waals surface area (Å²) in [5.74, 6) is 1.24. The Morgan fingerprint density at radius 3 is 2.33 bits per heavy atom. The number of amidine groups is 1. The molecule has 0 saturated carbocycles. The number of thioether (sulfide) groups is 1. The molecule has 2 aliphatic rings. The highest BCUT2D eigenvalue weighted by molar-refractivity contribution is 8.14. The van der Waals surface area contributed by atoms with Crippen molar-refractivity contribution >= 4 is 16.9 Å². The SMILES string of the molecule is C[C@H]1CN2CCSC2=N1.c1ccccc1. The second-order valence-electron chi connectivity index (χ2n) is 3.71. The van der Waals surface area contributed by atoms with Gasteiger partial charge in [-0.15, -0.1) is 0 Å². The molecule has 80 valence electrons. The number of nitrogens with zero attached hydrogens (tertiary/aromatic N) is 2. The van der Waals surface area contributed by atoms with Gasteiger partial charge in [0, 0.05) is 18.8 Å². The molecule has 1 aromatic rings. The van der Waals surface area contributed by atoms with Crippen LogP contribution in [-0.2, 0) is 0 Å². The third kappa shape index (κ3) is 2.99. The summed E-state index contributed by atoms with van der Waals surface area (Å²) in [5, 5.41) is 1.28. The van der Waals surface area contributed by atoms with Gasteiger partial charge < -0.3 is 4.90 Å². The van der Waals surface area contributed by atoms with Gasteiger partial charge in [-0.1, -0.05) is 48.2 Å². The number of hydrogen-bond donors (Lipinski definition) is 0. The maximum absolute atomic E-state index is 4.46. The van der Waals surface area contributed by atoms with Gasteiger partial charge in [0.1, 0.15) is 0 Å². The van der Waals surface area contributed by atoms with Crippen molar-refractivity contribution in [3.05, 3.63) is 36.4 Å². The normalized spacial score (nSPS) is 22.9.